The summed E-state index contributed by atoms with van der Waals surface area (Å²) in [7, 11) is 0. The summed E-state index contributed by atoms with van der Waals surface area (Å²) in [6.45, 7) is 6.40. The quantitative estimate of drug-likeness (QED) is 0.770. The lowest BCUT2D eigenvalue weighted by atomic mass is 9.97. The number of halogens is 2. The lowest BCUT2D eigenvalue weighted by Crippen LogP contribution is -2.24. The molecule has 0 aromatic heterocycles. The van der Waals surface area contributed by atoms with Gasteiger partial charge >= 0.3 is 0 Å². The van der Waals surface area contributed by atoms with Crippen LogP contribution in [0.1, 0.15) is 32.3 Å². The van der Waals surface area contributed by atoms with Crippen LogP contribution in [0.2, 0.25) is 5.02 Å². The maximum absolute atomic E-state index is 6.17. The predicted octanol–water partition coefficient (Wildman–Crippen LogP) is 5.48. The molecule has 1 aliphatic rings. The van der Waals surface area contributed by atoms with Crippen molar-refractivity contribution in [3.05, 3.63) is 27.2 Å². The number of aliphatic imine (C=N–C) groups is 1. The van der Waals surface area contributed by atoms with E-state index < -0.39 is 0 Å². The van der Waals surface area contributed by atoms with Gasteiger partial charge in [-0.05, 0) is 53.4 Å². The summed E-state index contributed by atoms with van der Waals surface area (Å²) < 4.78 is 1.02. The number of hydrogen-bond acceptors (Lipinski definition) is 3. The first-order valence-corrected chi connectivity index (χ1v) is 8.60. The highest BCUT2D eigenvalue weighted by molar-refractivity contribution is 9.10. The molecule has 0 spiro atoms. The van der Waals surface area contributed by atoms with Crippen molar-refractivity contribution in [2.24, 2.45) is 4.99 Å². The highest BCUT2D eigenvalue weighted by atomic mass is 79.9. The molecule has 0 bridgehead atoms. The minimum atomic E-state index is 0.105. The largest absolute Gasteiger partial charge is 0.334 e. The van der Waals surface area contributed by atoms with Gasteiger partial charge in [0, 0.05) is 15.2 Å². The third-order valence-electron chi connectivity index (χ3n) is 3.62. The molecular weight excluding hydrogens is 344 g/mol. The van der Waals surface area contributed by atoms with Crippen molar-refractivity contribution in [1.29, 1.82) is 0 Å². The van der Waals surface area contributed by atoms with Crippen molar-refractivity contribution in [3.63, 3.8) is 0 Å². The maximum atomic E-state index is 6.17. The van der Waals surface area contributed by atoms with Crippen molar-refractivity contribution in [2.45, 2.75) is 39.2 Å². The van der Waals surface area contributed by atoms with E-state index in [1.54, 1.807) is 11.8 Å². The van der Waals surface area contributed by atoms with Crippen molar-refractivity contribution in [2.75, 3.05) is 11.1 Å². The first-order chi connectivity index (χ1) is 8.99. The van der Waals surface area contributed by atoms with Crippen molar-refractivity contribution in [3.8, 4) is 0 Å². The van der Waals surface area contributed by atoms with Crippen LogP contribution < -0.4 is 5.32 Å². The number of anilines is 1. The molecule has 19 heavy (non-hydrogen) atoms. The Labute approximate surface area is 132 Å². The van der Waals surface area contributed by atoms with Gasteiger partial charge in [-0.25, -0.2) is 0 Å². The predicted molar refractivity (Wildman–Crippen MR) is 90.7 cm³/mol. The van der Waals surface area contributed by atoms with Crippen molar-refractivity contribution >= 4 is 50.1 Å². The van der Waals surface area contributed by atoms with Crippen LogP contribution >= 0.6 is 39.3 Å². The van der Waals surface area contributed by atoms with Gasteiger partial charge in [-0.1, -0.05) is 37.2 Å². The van der Waals surface area contributed by atoms with Crippen LogP contribution in [0.25, 0.3) is 0 Å². The molecule has 2 nitrogen and oxygen atoms in total. The van der Waals surface area contributed by atoms with Gasteiger partial charge in [0.1, 0.15) is 0 Å². The molecule has 0 unspecified atom stereocenters. The van der Waals surface area contributed by atoms with Gasteiger partial charge in [0.15, 0.2) is 5.17 Å². The Morgan fingerprint density at radius 3 is 2.68 bits per heavy atom. The average Bonchev–Trinajstić information content (AvgIpc) is 2.80. The smallest absolute Gasteiger partial charge is 0.161 e. The fraction of sp³-hybridized carbons (Fsp3) is 0.500. The number of nitrogens with one attached hydrogen (secondary N) is 1. The highest BCUT2D eigenvalue weighted by Gasteiger charge is 2.32. The normalized spacial score (nSPS) is 17.4. The van der Waals surface area contributed by atoms with Crippen LogP contribution in [0.3, 0.4) is 0 Å². The molecule has 0 atom stereocenters. The zero-order chi connectivity index (χ0) is 14.0. The second kappa shape index (κ2) is 6.06. The molecule has 1 N–H and O–H groups in total. The number of nitrogens with zero attached hydrogens (tertiary/aromatic N) is 1. The fourth-order valence-corrected chi connectivity index (χ4v) is 4.06. The molecular formula is C14H18BrClN2S. The van der Waals surface area contributed by atoms with Crippen LogP contribution in [0, 0.1) is 6.92 Å². The topological polar surface area (TPSA) is 24.4 Å². The molecule has 1 aliphatic heterocycles. The Morgan fingerprint density at radius 1 is 1.42 bits per heavy atom. The van der Waals surface area contributed by atoms with Gasteiger partial charge in [0.05, 0.1) is 11.2 Å². The van der Waals surface area contributed by atoms with E-state index in [1.807, 2.05) is 19.1 Å². The van der Waals surface area contributed by atoms with Crippen LogP contribution in [-0.2, 0) is 0 Å². The number of amidine groups is 1. The monoisotopic (exact) mass is 360 g/mol. The molecule has 2 rings (SSSR count). The Balaban J connectivity index is 2.21. The summed E-state index contributed by atoms with van der Waals surface area (Å²) >= 11 is 11.5. The van der Waals surface area contributed by atoms with E-state index in [4.69, 9.17) is 16.6 Å². The Kier molecular flexibility index (Phi) is 4.85. The molecule has 0 fully saturated rings. The second-order valence-corrected chi connectivity index (χ2v) is 7.07. The van der Waals surface area contributed by atoms with Crippen molar-refractivity contribution < 1.29 is 0 Å². The van der Waals surface area contributed by atoms with E-state index in [0.29, 0.717) is 0 Å². The summed E-state index contributed by atoms with van der Waals surface area (Å²) in [4.78, 5) is 4.85. The Hall–Kier alpha value is -0.190. The lowest BCUT2D eigenvalue weighted by Gasteiger charge is -2.20. The van der Waals surface area contributed by atoms with Gasteiger partial charge in [-0.3, -0.25) is 4.99 Å². The first kappa shape index (κ1) is 15.2. The summed E-state index contributed by atoms with van der Waals surface area (Å²) in [5.41, 5.74) is 2.15. The van der Waals surface area contributed by atoms with Gasteiger partial charge in [-0.15, -0.1) is 0 Å². The molecule has 1 aromatic carbocycles. The summed E-state index contributed by atoms with van der Waals surface area (Å²) in [6.07, 6.45) is 2.16. The van der Waals surface area contributed by atoms with Crippen LogP contribution in [0.4, 0.5) is 5.69 Å². The third-order valence-corrected chi connectivity index (χ3v) is 5.83. The molecule has 104 valence electrons. The molecule has 1 aromatic rings. The maximum Gasteiger partial charge on any atom is 0.161 e. The molecule has 0 saturated heterocycles. The van der Waals surface area contributed by atoms with E-state index >= 15 is 0 Å². The molecule has 0 radical (unpaired) electrons. The highest BCUT2D eigenvalue weighted by Crippen LogP contribution is 2.36. The van der Waals surface area contributed by atoms with E-state index in [-0.39, 0.29) is 5.54 Å². The number of rotatable bonds is 3. The van der Waals surface area contributed by atoms with E-state index in [0.717, 1.165) is 44.5 Å². The van der Waals surface area contributed by atoms with Gasteiger partial charge in [-0.2, -0.15) is 0 Å². The number of thioether (sulfide) groups is 1. The summed E-state index contributed by atoms with van der Waals surface area (Å²) in [6, 6.07) is 3.97. The molecule has 0 aliphatic carbocycles. The minimum Gasteiger partial charge on any atom is -0.334 e. The molecule has 1 heterocycles. The summed E-state index contributed by atoms with van der Waals surface area (Å²) in [5, 5.41) is 5.14. The van der Waals surface area contributed by atoms with E-state index in [9.17, 15) is 0 Å². The Morgan fingerprint density at radius 2 is 2.11 bits per heavy atom. The SMILES string of the molecule is CCC1(CC)CSC(Nc2cc(Cl)c(C)cc2Br)=N1. The minimum absolute atomic E-state index is 0.105. The van der Waals surface area contributed by atoms with Crippen molar-refractivity contribution in [1.82, 2.24) is 0 Å². The fourth-order valence-electron chi connectivity index (χ4n) is 2.02. The zero-order valence-corrected chi connectivity index (χ0v) is 14.5. The molecule has 0 saturated carbocycles. The van der Waals surface area contributed by atoms with Gasteiger partial charge in [0.2, 0.25) is 0 Å². The molecule has 5 heteroatoms. The molecule has 0 amide bonds. The number of aryl methyl sites for hydroxylation is 1. The third kappa shape index (κ3) is 3.29. The lowest BCUT2D eigenvalue weighted by molar-refractivity contribution is 0.456. The number of benzene rings is 1. The van der Waals surface area contributed by atoms with Crippen LogP contribution in [0.15, 0.2) is 21.6 Å². The first-order valence-electron chi connectivity index (χ1n) is 6.45. The van der Waals surface area contributed by atoms with Crippen LogP contribution in [-0.4, -0.2) is 16.5 Å². The summed E-state index contributed by atoms with van der Waals surface area (Å²) in [5.74, 6) is 1.06. The average molecular weight is 362 g/mol. The second-order valence-electron chi connectivity index (χ2n) is 4.84. The van der Waals surface area contributed by atoms with E-state index in [2.05, 4.69) is 35.1 Å². The van der Waals surface area contributed by atoms with Gasteiger partial charge < -0.3 is 5.32 Å². The Bertz CT molecular complexity index is 512. The van der Waals surface area contributed by atoms with Crippen LogP contribution in [0.5, 0.6) is 0 Å². The zero-order valence-electron chi connectivity index (χ0n) is 11.4. The number of hydrogen-bond donors (Lipinski definition) is 1. The van der Waals surface area contributed by atoms with E-state index in [1.165, 1.54) is 0 Å². The standard InChI is InChI=1S/C14H18BrClN2S/c1-4-14(5-2)8-19-13(18-14)17-12-7-11(16)9(3)6-10(12)15/h6-7H,4-5,8H2,1-3H3,(H,17,18). The van der Waals surface area contributed by atoms with Gasteiger partial charge in [0.25, 0.3) is 0 Å².